The van der Waals surface area contributed by atoms with Crippen LogP contribution in [0.2, 0.25) is 0 Å². The third-order valence-electron chi connectivity index (χ3n) is 3.86. The maximum atomic E-state index is 11.9. The number of hydrogen-bond donors (Lipinski definition) is 1. The lowest BCUT2D eigenvalue weighted by atomic mass is 9.96. The van der Waals surface area contributed by atoms with E-state index in [1.165, 1.54) is 29.0 Å². The van der Waals surface area contributed by atoms with E-state index in [4.69, 9.17) is 0 Å². The summed E-state index contributed by atoms with van der Waals surface area (Å²) in [4.78, 5) is 11.8. The number of carbonyl (C=O) groups is 1. The molecular formula is C16H30N2O3S. The van der Waals surface area contributed by atoms with Gasteiger partial charge < -0.3 is 5.32 Å². The fraction of sp³-hybridized carbons (Fsp3) is 0.812. The average molecular weight is 330 g/mol. The molecule has 0 saturated heterocycles. The van der Waals surface area contributed by atoms with Crippen LogP contribution < -0.4 is 5.32 Å². The summed E-state index contributed by atoms with van der Waals surface area (Å²) in [6.07, 6.45) is 8.89. The first-order valence-electron chi connectivity index (χ1n) is 8.02. The van der Waals surface area contributed by atoms with Crippen LogP contribution in [0.3, 0.4) is 0 Å². The number of allylic oxidation sites excluding steroid dienone is 1. The van der Waals surface area contributed by atoms with E-state index in [-0.39, 0.29) is 5.91 Å². The molecule has 6 heteroatoms. The highest BCUT2D eigenvalue weighted by Crippen LogP contribution is 2.20. The summed E-state index contributed by atoms with van der Waals surface area (Å²) < 4.78 is 25.2. The minimum absolute atomic E-state index is 0.0593. The number of nitrogens with one attached hydrogen (secondary N) is 1. The summed E-state index contributed by atoms with van der Waals surface area (Å²) in [5, 5.41) is 2.80. The van der Waals surface area contributed by atoms with Gasteiger partial charge in [-0.1, -0.05) is 32.4 Å². The van der Waals surface area contributed by atoms with Crippen molar-refractivity contribution in [3.63, 3.8) is 0 Å². The van der Waals surface area contributed by atoms with Crippen molar-refractivity contribution >= 4 is 15.9 Å². The van der Waals surface area contributed by atoms with E-state index in [1.807, 2.05) is 20.8 Å². The fourth-order valence-corrected chi connectivity index (χ4v) is 3.25. The van der Waals surface area contributed by atoms with Gasteiger partial charge in [0.1, 0.15) is 0 Å². The molecule has 0 fully saturated rings. The van der Waals surface area contributed by atoms with Gasteiger partial charge in [-0.25, -0.2) is 12.7 Å². The molecular weight excluding hydrogens is 300 g/mol. The van der Waals surface area contributed by atoms with Gasteiger partial charge in [-0.3, -0.25) is 4.79 Å². The Kier molecular flexibility index (Phi) is 7.06. The zero-order valence-corrected chi connectivity index (χ0v) is 15.1. The molecule has 0 radical (unpaired) electrons. The molecule has 128 valence electrons. The topological polar surface area (TPSA) is 66.5 Å². The molecule has 0 saturated carbocycles. The Hall–Kier alpha value is -0.880. The Morgan fingerprint density at radius 1 is 1.27 bits per heavy atom. The first-order valence-corrected chi connectivity index (χ1v) is 9.87. The Labute approximate surface area is 135 Å². The molecule has 1 rings (SSSR count). The van der Waals surface area contributed by atoms with Gasteiger partial charge in [-0.15, -0.1) is 0 Å². The van der Waals surface area contributed by atoms with E-state index in [1.54, 1.807) is 0 Å². The van der Waals surface area contributed by atoms with Crippen LogP contribution in [-0.4, -0.2) is 44.5 Å². The van der Waals surface area contributed by atoms with Crippen molar-refractivity contribution in [3.8, 4) is 0 Å². The Balaban J connectivity index is 2.48. The number of nitrogens with zero attached hydrogens (tertiary/aromatic N) is 1. The van der Waals surface area contributed by atoms with Gasteiger partial charge in [-0.05, 0) is 32.1 Å². The fourth-order valence-electron chi connectivity index (χ4n) is 2.40. The van der Waals surface area contributed by atoms with Crippen molar-refractivity contribution in [2.24, 2.45) is 5.41 Å². The van der Waals surface area contributed by atoms with E-state index >= 15 is 0 Å². The summed E-state index contributed by atoms with van der Waals surface area (Å²) in [6.45, 7) is 6.69. The number of carbonyl (C=O) groups excluding carboxylic acids is 1. The van der Waals surface area contributed by atoms with Crippen LogP contribution in [-0.2, 0) is 14.8 Å². The lowest BCUT2D eigenvalue weighted by Gasteiger charge is -2.23. The molecule has 1 aliphatic carbocycles. The third kappa shape index (κ3) is 6.92. The van der Waals surface area contributed by atoms with Crippen molar-refractivity contribution in [1.82, 2.24) is 9.62 Å². The van der Waals surface area contributed by atoms with Gasteiger partial charge in [0.25, 0.3) is 0 Å². The van der Waals surface area contributed by atoms with E-state index < -0.39 is 15.4 Å². The minimum atomic E-state index is -3.24. The monoisotopic (exact) mass is 330 g/mol. The standard InChI is InChI=1S/C16H30N2O3S/c1-16(2,3)15(19)17-11-13-18(22(4,20)21)12-10-14-8-6-5-7-9-14/h8H,5-7,9-13H2,1-4H3,(H,17,19). The number of sulfonamides is 1. The highest BCUT2D eigenvalue weighted by molar-refractivity contribution is 7.88. The molecule has 1 aliphatic rings. The zero-order chi connectivity index (χ0) is 16.8. The van der Waals surface area contributed by atoms with Crippen LogP contribution in [0.1, 0.15) is 52.9 Å². The van der Waals surface area contributed by atoms with Crippen molar-refractivity contribution in [2.45, 2.75) is 52.9 Å². The van der Waals surface area contributed by atoms with Crippen molar-refractivity contribution < 1.29 is 13.2 Å². The smallest absolute Gasteiger partial charge is 0.225 e. The zero-order valence-electron chi connectivity index (χ0n) is 14.3. The largest absolute Gasteiger partial charge is 0.354 e. The van der Waals surface area contributed by atoms with E-state index in [9.17, 15) is 13.2 Å². The predicted octanol–water partition coefficient (Wildman–Crippen LogP) is 2.30. The molecule has 0 bridgehead atoms. The minimum Gasteiger partial charge on any atom is -0.354 e. The van der Waals surface area contributed by atoms with E-state index in [0.717, 1.165) is 19.3 Å². The average Bonchev–Trinajstić information content (AvgIpc) is 2.41. The maximum absolute atomic E-state index is 11.9. The molecule has 0 aliphatic heterocycles. The lowest BCUT2D eigenvalue weighted by molar-refractivity contribution is -0.128. The Morgan fingerprint density at radius 2 is 1.95 bits per heavy atom. The number of amides is 1. The van der Waals surface area contributed by atoms with Crippen molar-refractivity contribution in [1.29, 1.82) is 0 Å². The SMILES string of the molecule is CC(C)(C)C(=O)NCCN(CCC1=CCCCC1)S(C)(=O)=O. The molecule has 0 atom stereocenters. The summed E-state index contributed by atoms with van der Waals surface area (Å²) in [5.74, 6) is -0.0593. The molecule has 0 heterocycles. The van der Waals surface area contributed by atoms with Crippen LogP contribution in [0.25, 0.3) is 0 Å². The molecule has 0 unspecified atom stereocenters. The quantitative estimate of drug-likeness (QED) is 0.728. The Morgan fingerprint density at radius 3 is 2.45 bits per heavy atom. The van der Waals surface area contributed by atoms with Crippen molar-refractivity contribution in [3.05, 3.63) is 11.6 Å². The van der Waals surface area contributed by atoms with Gasteiger partial charge in [0.05, 0.1) is 6.26 Å². The normalized spacial score (nSPS) is 16.5. The van der Waals surface area contributed by atoms with Gasteiger partial charge >= 0.3 is 0 Å². The van der Waals surface area contributed by atoms with Crippen LogP contribution in [0, 0.1) is 5.41 Å². The second kappa shape index (κ2) is 8.11. The molecule has 0 spiro atoms. The predicted molar refractivity (Wildman–Crippen MR) is 90.0 cm³/mol. The van der Waals surface area contributed by atoms with Crippen LogP contribution >= 0.6 is 0 Å². The van der Waals surface area contributed by atoms with Gasteiger partial charge in [-0.2, -0.15) is 0 Å². The molecule has 22 heavy (non-hydrogen) atoms. The molecule has 0 aromatic rings. The molecule has 1 amide bonds. The molecule has 0 aromatic carbocycles. The molecule has 1 N–H and O–H groups in total. The maximum Gasteiger partial charge on any atom is 0.225 e. The highest BCUT2D eigenvalue weighted by atomic mass is 32.2. The van der Waals surface area contributed by atoms with Gasteiger partial charge in [0.15, 0.2) is 0 Å². The van der Waals surface area contributed by atoms with Crippen molar-refractivity contribution in [2.75, 3.05) is 25.9 Å². The third-order valence-corrected chi connectivity index (χ3v) is 5.17. The highest BCUT2D eigenvalue weighted by Gasteiger charge is 2.22. The van der Waals surface area contributed by atoms with Crippen LogP contribution in [0.15, 0.2) is 11.6 Å². The second-order valence-electron chi connectivity index (χ2n) is 7.03. The van der Waals surface area contributed by atoms with Crippen LogP contribution in [0.5, 0.6) is 0 Å². The van der Waals surface area contributed by atoms with Crippen LogP contribution in [0.4, 0.5) is 0 Å². The number of rotatable bonds is 7. The summed E-state index contributed by atoms with van der Waals surface area (Å²) in [7, 11) is -3.24. The first-order chi connectivity index (χ1) is 10.1. The summed E-state index contributed by atoms with van der Waals surface area (Å²) >= 11 is 0. The first kappa shape index (κ1) is 19.2. The lowest BCUT2D eigenvalue weighted by Crippen LogP contribution is -2.42. The summed E-state index contributed by atoms with van der Waals surface area (Å²) in [5.41, 5.74) is 0.904. The molecule has 0 aromatic heterocycles. The van der Waals surface area contributed by atoms with E-state index in [2.05, 4.69) is 11.4 Å². The van der Waals surface area contributed by atoms with Gasteiger partial charge in [0.2, 0.25) is 15.9 Å². The van der Waals surface area contributed by atoms with E-state index in [0.29, 0.717) is 19.6 Å². The van der Waals surface area contributed by atoms with Gasteiger partial charge in [0, 0.05) is 25.0 Å². The molecule has 5 nitrogen and oxygen atoms in total. The summed E-state index contributed by atoms with van der Waals surface area (Å²) in [6, 6.07) is 0. The Bertz CT molecular complexity index is 504. The number of hydrogen-bond acceptors (Lipinski definition) is 3. The second-order valence-corrected chi connectivity index (χ2v) is 9.01.